The molecule has 0 amide bonds. The Kier molecular flexibility index (Phi) is 3.39. The van der Waals surface area contributed by atoms with Crippen molar-refractivity contribution in [3.05, 3.63) is 144 Å². The van der Waals surface area contributed by atoms with Gasteiger partial charge in [0.15, 0.2) is 0 Å². The first-order chi connectivity index (χ1) is 16.9. The molecule has 5 aromatic carbocycles. The maximum absolute atomic E-state index is 6.64. The first kappa shape index (κ1) is 18.1. The van der Waals surface area contributed by atoms with Crippen LogP contribution in [0.2, 0.25) is 0 Å². The number of fused-ring (bicyclic) bond motifs is 12. The molecule has 1 heteroatoms. The van der Waals surface area contributed by atoms with Gasteiger partial charge in [-0.1, -0.05) is 109 Å². The summed E-state index contributed by atoms with van der Waals surface area (Å²) >= 11 is 0. The predicted octanol–water partition coefficient (Wildman–Crippen LogP) is 8.44. The molecular formula is C33H20O. The van der Waals surface area contributed by atoms with E-state index < -0.39 is 0 Å². The van der Waals surface area contributed by atoms with E-state index in [2.05, 4.69) is 121 Å². The highest BCUT2D eigenvalue weighted by Crippen LogP contribution is 2.64. The maximum atomic E-state index is 6.64. The minimum atomic E-state index is -0.375. The second kappa shape index (κ2) is 6.36. The van der Waals surface area contributed by atoms with Crippen molar-refractivity contribution in [3.8, 4) is 33.6 Å². The zero-order chi connectivity index (χ0) is 22.3. The molecule has 2 aliphatic rings. The zero-order valence-corrected chi connectivity index (χ0v) is 18.5. The fraction of sp³-hybridized carbons (Fsp3) is 0.0303. The molecular weight excluding hydrogens is 412 g/mol. The van der Waals surface area contributed by atoms with Crippen LogP contribution >= 0.6 is 0 Å². The van der Waals surface area contributed by atoms with E-state index in [1.165, 1.54) is 55.5 Å². The first-order valence-corrected chi connectivity index (χ1v) is 11.8. The number of hydrogen-bond acceptors (Lipinski definition) is 1. The molecule has 34 heavy (non-hydrogen) atoms. The van der Waals surface area contributed by atoms with Gasteiger partial charge >= 0.3 is 0 Å². The van der Waals surface area contributed by atoms with E-state index >= 15 is 0 Å². The Bertz CT molecular complexity index is 1710. The highest BCUT2D eigenvalue weighted by atomic mass is 16.3. The molecule has 0 atom stereocenters. The summed E-state index contributed by atoms with van der Waals surface area (Å²) in [5.74, 6) is 1.00. The lowest BCUT2D eigenvalue weighted by Gasteiger charge is -2.30. The van der Waals surface area contributed by atoms with Crippen molar-refractivity contribution in [1.29, 1.82) is 0 Å². The summed E-state index contributed by atoms with van der Waals surface area (Å²) in [6.07, 6.45) is 0. The van der Waals surface area contributed by atoms with Crippen LogP contribution in [0.1, 0.15) is 22.3 Å². The van der Waals surface area contributed by atoms with E-state index in [-0.39, 0.29) is 5.41 Å². The third kappa shape index (κ3) is 2.06. The van der Waals surface area contributed by atoms with Crippen LogP contribution < -0.4 is 0 Å². The number of rotatable bonds is 1. The molecule has 0 aliphatic heterocycles. The molecule has 0 radical (unpaired) electrons. The van der Waals surface area contributed by atoms with E-state index in [0.717, 1.165) is 11.3 Å². The van der Waals surface area contributed by atoms with E-state index in [1.807, 2.05) is 0 Å². The lowest BCUT2D eigenvalue weighted by Crippen LogP contribution is -2.25. The summed E-state index contributed by atoms with van der Waals surface area (Å²) in [6, 6.07) is 43.8. The molecule has 1 spiro atoms. The largest absolute Gasteiger partial charge is 0.456 e. The fourth-order valence-electron chi connectivity index (χ4n) is 6.41. The minimum absolute atomic E-state index is 0.375. The average Bonchev–Trinajstić information content (AvgIpc) is 3.52. The molecule has 158 valence electrons. The third-order valence-electron chi connectivity index (χ3n) is 7.70. The lowest BCUT2D eigenvalue weighted by molar-refractivity contribution is 0.628. The van der Waals surface area contributed by atoms with E-state index in [1.54, 1.807) is 0 Å². The van der Waals surface area contributed by atoms with Crippen LogP contribution in [-0.4, -0.2) is 0 Å². The summed E-state index contributed by atoms with van der Waals surface area (Å²) in [5.41, 5.74) is 12.1. The third-order valence-corrected chi connectivity index (χ3v) is 7.70. The fourth-order valence-corrected chi connectivity index (χ4v) is 6.41. The zero-order valence-electron chi connectivity index (χ0n) is 18.5. The van der Waals surface area contributed by atoms with Gasteiger partial charge in [0.05, 0.1) is 5.41 Å². The molecule has 0 N–H and O–H groups in total. The predicted molar refractivity (Wildman–Crippen MR) is 138 cm³/mol. The minimum Gasteiger partial charge on any atom is -0.456 e. The van der Waals surface area contributed by atoms with Gasteiger partial charge in [-0.2, -0.15) is 0 Å². The highest BCUT2D eigenvalue weighted by Gasteiger charge is 2.54. The Morgan fingerprint density at radius 3 is 1.85 bits per heavy atom. The Morgan fingerprint density at radius 1 is 0.471 bits per heavy atom. The van der Waals surface area contributed by atoms with Gasteiger partial charge in [-0.3, -0.25) is 0 Å². The average molecular weight is 433 g/mol. The summed E-state index contributed by atoms with van der Waals surface area (Å²) in [7, 11) is 0. The molecule has 2 aliphatic carbocycles. The Labute approximate surface area is 197 Å². The quantitative estimate of drug-likeness (QED) is 0.254. The van der Waals surface area contributed by atoms with E-state index in [4.69, 9.17) is 4.42 Å². The first-order valence-electron chi connectivity index (χ1n) is 11.8. The number of hydrogen-bond donors (Lipinski definition) is 0. The number of para-hydroxylation sites is 1. The molecule has 1 heterocycles. The van der Waals surface area contributed by atoms with Gasteiger partial charge in [0.2, 0.25) is 0 Å². The summed E-state index contributed by atoms with van der Waals surface area (Å²) in [6.45, 7) is 0. The Hall–Kier alpha value is -4.36. The van der Waals surface area contributed by atoms with Crippen molar-refractivity contribution in [2.45, 2.75) is 5.41 Å². The van der Waals surface area contributed by atoms with Gasteiger partial charge in [0.25, 0.3) is 0 Å². The summed E-state index contributed by atoms with van der Waals surface area (Å²) < 4.78 is 6.64. The molecule has 0 fully saturated rings. The van der Waals surface area contributed by atoms with Crippen LogP contribution in [0.4, 0.5) is 0 Å². The monoisotopic (exact) mass is 432 g/mol. The SMILES string of the molecule is c1ccc(-c2ccc3c(c2)-c2oc4ccccc4c2C32c3ccccc3-c3ccccc32)cc1. The van der Waals surface area contributed by atoms with Crippen LogP contribution in [0.5, 0.6) is 0 Å². The lowest BCUT2D eigenvalue weighted by atomic mass is 9.70. The van der Waals surface area contributed by atoms with Crippen molar-refractivity contribution in [2.24, 2.45) is 0 Å². The van der Waals surface area contributed by atoms with Crippen LogP contribution in [-0.2, 0) is 5.41 Å². The van der Waals surface area contributed by atoms with E-state index in [0.29, 0.717) is 0 Å². The van der Waals surface area contributed by atoms with Crippen LogP contribution in [0.25, 0.3) is 44.5 Å². The van der Waals surface area contributed by atoms with Crippen LogP contribution in [0, 0.1) is 0 Å². The highest BCUT2D eigenvalue weighted by molar-refractivity contribution is 6.02. The number of furan rings is 1. The molecule has 1 aromatic heterocycles. The van der Waals surface area contributed by atoms with Gasteiger partial charge in [0.1, 0.15) is 11.3 Å². The van der Waals surface area contributed by atoms with Gasteiger partial charge < -0.3 is 4.42 Å². The molecule has 0 bridgehead atoms. The van der Waals surface area contributed by atoms with Crippen molar-refractivity contribution < 1.29 is 4.42 Å². The van der Waals surface area contributed by atoms with E-state index in [9.17, 15) is 0 Å². The number of benzene rings is 5. The topological polar surface area (TPSA) is 13.1 Å². The maximum Gasteiger partial charge on any atom is 0.140 e. The van der Waals surface area contributed by atoms with Gasteiger partial charge in [0, 0.05) is 16.5 Å². The molecule has 0 saturated carbocycles. The van der Waals surface area contributed by atoms with Crippen molar-refractivity contribution >= 4 is 11.0 Å². The van der Waals surface area contributed by atoms with Crippen molar-refractivity contribution in [1.82, 2.24) is 0 Å². The summed E-state index contributed by atoms with van der Waals surface area (Å²) in [4.78, 5) is 0. The standard InChI is InChI=1S/C33H20O/c1-2-10-21(11-3-1)22-18-19-29-26(20-22)32-31(25-14-6-9-17-30(25)34-32)33(29)27-15-7-4-12-23(27)24-13-5-8-16-28(24)33/h1-20H. The van der Waals surface area contributed by atoms with Crippen molar-refractivity contribution in [2.75, 3.05) is 0 Å². The summed E-state index contributed by atoms with van der Waals surface area (Å²) in [5, 5.41) is 1.20. The van der Waals surface area contributed by atoms with Crippen LogP contribution in [0.15, 0.2) is 126 Å². The molecule has 6 aromatic rings. The Morgan fingerprint density at radius 2 is 1.09 bits per heavy atom. The molecule has 8 rings (SSSR count). The smallest absolute Gasteiger partial charge is 0.140 e. The second-order valence-corrected chi connectivity index (χ2v) is 9.27. The molecule has 0 saturated heterocycles. The van der Waals surface area contributed by atoms with Crippen molar-refractivity contribution in [3.63, 3.8) is 0 Å². The second-order valence-electron chi connectivity index (χ2n) is 9.27. The molecule has 1 nitrogen and oxygen atoms in total. The van der Waals surface area contributed by atoms with Gasteiger partial charge in [-0.25, -0.2) is 0 Å². The molecule has 0 unspecified atom stereocenters. The van der Waals surface area contributed by atoms with Gasteiger partial charge in [-0.15, -0.1) is 0 Å². The van der Waals surface area contributed by atoms with Crippen LogP contribution in [0.3, 0.4) is 0 Å². The Balaban J connectivity index is 1.56. The normalized spacial score (nSPS) is 14.1. The van der Waals surface area contributed by atoms with Gasteiger partial charge in [-0.05, 0) is 51.1 Å².